The largest absolute Gasteiger partial charge is 0.387 e. The van der Waals surface area contributed by atoms with Gasteiger partial charge in [-0.3, -0.25) is 4.79 Å². The lowest BCUT2D eigenvalue weighted by molar-refractivity contribution is -0.123. The number of carbonyl (C=O) groups is 1. The van der Waals surface area contributed by atoms with Gasteiger partial charge in [-0.15, -0.1) is 0 Å². The van der Waals surface area contributed by atoms with Crippen LogP contribution in [-0.4, -0.2) is 23.1 Å². The summed E-state index contributed by atoms with van der Waals surface area (Å²) < 4.78 is 0.906. The van der Waals surface area contributed by atoms with E-state index < -0.39 is 17.6 Å². The van der Waals surface area contributed by atoms with E-state index in [1.54, 1.807) is 13.8 Å². The maximum Gasteiger partial charge on any atom is 0.237 e. The second-order valence-electron chi connectivity index (χ2n) is 4.44. The Balaban J connectivity index is 2.62. The van der Waals surface area contributed by atoms with E-state index in [2.05, 4.69) is 21.2 Å². The Morgan fingerprint density at radius 3 is 2.76 bits per heavy atom. The van der Waals surface area contributed by atoms with Crippen molar-refractivity contribution in [2.75, 3.05) is 6.54 Å². The van der Waals surface area contributed by atoms with Gasteiger partial charge in [-0.2, -0.15) is 0 Å². The SMILES string of the molecule is CC(C)(NCC(O)c1cccc(Br)c1)C(N)=O. The zero-order valence-corrected chi connectivity index (χ0v) is 11.5. The van der Waals surface area contributed by atoms with Crippen molar-refractivity contribution in [3.8, 4) is 0 Å². The molecule has 0 bridgehead atoms. The smallest absolute Gasteiger partial charge is 0.237 e. The molecule has 0 saturated carbocycles. The third-order valence-electron chi connectivity index (χ3n) is 2.59. The van der Waals surface area contributed by atoms with Gasteiger partial charge in [0.1, 0.15) is 0 Å². The highest BCUT2D eigenvalue weighted by Gasteiger charge is 2.25. The monoisotopic (exact) mass is 300 g/mol. The lowest BCUT2D eigenvalue weighted by atomic mass is 10.0. The fourth-order valence-electron chi connectivity index (χ4n) is 1.27. The van der Waals surface area contributed by atoms with Crippen molar-refractivity contribution in [2.24, 2.45) is 5.73 Å². The van der Waals surface area contributed by atoms with E-state index in [1.807, 2.05) is 24.3 Å². The predicted octanol–water partition coefficient (Wildman–Crippen LogP) is 1.34. The number of primary amides is 1. The molecule has 1 aromatic rings. The van der Waals surface area contributed by atoms with Crippen molar-refractivity contribution in [3.63, 3.8) is 0 Å². The van der Waals surface area contributed by atoms with Crippen molar-refractivity contribution in [1.29, 1.82) is 0 Å². The zero-order valence-electron chi connectivity index (χ0n) is 9.90. The Morgan fingerprint density at radius 2 is 2.24 bits per heavy atom. The number of nitrogens with one attached hydrogen (secondary N) is 1. The molecule has 1 amide bonds. The van der Waals surface area contributed by atoms with Crippen LogP contribution in [-0.2, 0) is 4.79 Å². The number of aliphatic hydroxyl groups is 1. The topological polar surface area (TPSA) is 75.3 Å². The quantitative estimate of drug-likeness (QED) is 0.768. The number of aliphatic hydroxyl groups excluding tert-OH is 1. The van der Waals surface area contributed by atoms with Crippen molar-refractivity contribution < 1.29 is 9.90 Å². The number of halogens is 1. The highest BCUT2D eigenvalue weighted by atomic mass is 79.9. The minimum atomic E-state index is -0.826. The van der Waals surface area contributed by atoms with Crippen LogP contribution in [0.15, 0.2) is 28.7 Å². The number of hydrogen-bond acceptors (Lipinski definition) is 3. The molecule has 4 nitrogen and oxygen atoms in total. The van der Waals surface area contributed by atoms with Crippen molar-refractivity contribution in [3.05, 3.63) is 34.3 Å². The van der Waals surface area contributed by atoms with Gasteiger partial charge in [-0.05, 0) is 31.5 Å². The fourth-order valence-corrected chi connectivity index (χ4v) is 1.69. The molecule has 0 aliphatic rings. The maximum atomic E-state index is 11.1. The van der Waals surface area contributed by atoms with Gasteiger partial charge in [0.15, 0.2) is 0 Å². The molecule has 1 aromatic carbocycles. The van der Waals surface area contributed by atoms with E-state index >= 15 is 0 Å². The van der Waals surface area contributed by atoms with Gasteiger partial charge in [-0.25, -0.2) is 0 Å². The maximum absolute atomic E-state index is 11.1. The minimum absolute atomic E-state index is 0.270. The van der Waals surface area contributed by atoms with Crippen LogP contribution in [0.1, 0.15) is 25.5 Å². The molecule has 0 fully saturated rings. The lowest BCUT2D eigenvalue weighted by Crippen LogP contribution is -2.51. The standard InChI is InChI=1S/C12H17BrN2O2/c1-12(2,11(14)17)15-7-10(16)8-4-3-5-9(13)6-8/h3-6,10,15-16H,7H2,1-2H3,(H2,14,17). The first-order chi connectivity index (χ1) is 7.83. The number of β-amino-alcohol motifs (C(OH)–C–C–N with tert-alkyl or cyclic N) is 1. The molecule has 4 N–H and O–H groups in total. The molecule has 1 rings (SSSR count). The van der Waals surface area contributed by atoms with E-state index in [-0.39, 0.29) is 6.54 Å². The molecule has 0 radical (unpaired) electrons. The number of amides is 1. The molecule has 1 atom stereocenters. The second-order valence-corrected chi connectivity index (χ2v) is 5.36. The van der Waals surface area contributed by atoms with Gasteiger partial charge in [0.2, 0.25) is 5.91 Å². The predicted molar refractivity (Wildman–Crippen MR) is 70.4 cm³/mol. The summed E-state index contributed by atoms with van der Waals surface area (Å²) >= 11 is 3.34. The normalized spacial score (nSPS) is 13.4. The molecule has 0 heterocycles. The van der Waals surface area contributed by atoms with Gasteiger partial charge < -0.3 is 16.2 Å². The molecule has 0 aliphatic heterocycles. The van der Waals surface area contributed by atoms with E-state index in [1.165, 1.54) is 0 Å². The van der Waals surface area contributed by atoms with Crippen LogP contribution in [0.4, 0.5) is 0 Å². The Kier molecular flexibility index (Phi) is 4.68. The molecule has 94 valence electrons. The highest BCUT2D eigenvalue weighted by Crippen LogP contribution is 2.18. The van der Waals surface area contributed by atoms with Crippen LogP contribution < -0.4 is 11.1 Å². The number of rotatable bonds is 5. The average Bonchev–Trinajstić information content (AvgIpc) is 2.25. The summed E-state index contributed by atoms with van der Waals surface area (Å²) in [6, 6.07) is 7.40. The van der Waals surface area contributed by atoms with E-state index in [9.17, 15) is 9.90 Å². The van der Waals surface area contributed by atoms with Crippen molar-refractivity contribution in [2.45, 2.75) is 25.5 Å². The summed E-state index contributed by atoms with van der Waals surface area (Å²) in [6.45, 7) is 3.64. The first-order valence-corrected chi connectivity index (χ1v) is 6.10. The molecule has 5 heteroatoms. The van der Waals surface area contributed by atoms with Crippen molar-refractivity contribution in [1.82, 2.24) is 5.32 Å². The van der Waals surface area contributed by atoms with Crippen LogP contribution in [0.5, 0.6) is 0 Å². The van der Waals surface area contributed by atoms with Crippen molar-refractivity contribution >= 4 is 21.8 Å². The number of carbonyl (C=O) groups excluding carboxylic acids is 1. The summed E-state index contributed by atoms with van der Waals surface area (Å²) in [5, 5.41) is 12.9. The summed E-state index contributed by atoms with van der Waals surface area (Å²) in [5.74, 6) is -0.445. The Labute approximate surface area is 109 Å². The first-order valence-electron chi connectivity index (χ1n) is 5.31. The van der Waals surface area contributed by atoms with Gasteiger partial charge >= 0.3 is 0 Å². The number of nitrogens with two attached hydrogens (primary N) is 1. The summed E-state index contributed by atoms with van der Waals surface area (Å²) in [6.07, 6.45) is -0.675. The highest BCUT2D eigenvalue weighted by molar-refractivity contribution is 9.10. The van der Waals surface area contributed by atoms with Crippen LogP contribution in [0.25, 0.3) is 0 Å². The Bertz CT molecular complexity index is 407. The molecule has 0 aliphatic carbocycles. The van der Waals surface area contributed by atoms with E-state index in [0.29, 0.717) is 0 Å². The van der Waals surface area contributed by atoms with E-state index in [0.717, 1.165) is 10.0 Å². The number of benzene rings is 1. The first kappa shape index (κ1) is 14.2. The fraction of sp³-hybridized carbons (Fsp3) is 0.417. The Hall–Kier alpha value is -0.910. The third kappa shape index (κ3) is 4.11. The molecule has 1 unspecified atom stereocenters. The van der Waals surface area contributed by atoms with Crippen LogP contribution in [0.3, 0.4) is 0 Å². The summed E-state index contributed by atoms with van der Waals surface area (Å²) in [5.41, 5.74) is 5.19. The lowest BCUT2D eigenvalue weighted by Gasteiger charge is -2.24. The van der Waals surface area contributed by atoms with Gasteiger partial charge in [0, 0.05) is 11.0 Å². The van der Waals surface area contributed by atoms with Crippen LogP contribution >= 0.6 is 15.9 Å². The molecule has 0 spiro atoms. The third-order valence-corrected chi connectivity index (χ3v) is 3.08. The van der Waals surface area contributed by atoms with Gasteiger partial charge in [0.25, 0.3) is 0 Å². The van der Waals surface area contributed by atoms with Gasteiger partial charge in [0.05, 0.1) is 11.6 Å². The second kappa shape index (κ2) is 5.62. The molecular weight excluding hydrogens is 284 g/mol. The minimum Gasteiger partial charge on any atom is -0.387 e. The van der Waals surface area contributed by atoms with E-state index in [4.69, 9.17) is 5.73 Å². The molecule has 0 aromatic heterocycles. The molecule has 0 saturated heterocycles. The molecule has 17 heavy (non-hydrogen) atoms. The number of hydrogen-bond donors (Lipinski definition) is 3. The summed E-state index contributed by atoms with van der Waals surface area (Å²) in [7, 11) is 0. The zero-order chi connectivity index (χ0) is 13.1. The Morgan fingerprint density at radius 1 is 1.59 bits per heavy atom. The summed E-state index contributed by atoms with van der Waals surface area (Å²) in [4.78, 5) is 11.1. The average molecular weight is 301 g/mol. The van der Waals surface area contributed by atoms with Gasteiger partial charge in [-0.1, -0.05) is 28.1 Å². The molecular formula is C12H17BrN2O2. The van der Waals surface area contributed by atoms with Crippen LogP contribution in [0.2, 0.25) is 0 Å². The van der Waals surface area contributed by atoms with Crippen LogP contribution in [0, 0.1) is 0 Å².